The van der Waals surface area contributed by atoms with Crippen molar-refractivity contribution in [1.29, 1.82) is 0 Å². The highest BCUT2D eigenvalue weighted by Gasteiger charge is 2.31. The summed E-state index contributed by atoms with van der Waals surface area (Å²) in [5.41, 5.74) is 1.14. The van der Waals surface area contributed by atoms with Crippen LogP contribution in [0, 0.1) is 6.92 Å². The van der Waals surface area contributed by atoms with Crippen LogP contribution in [0.3, 0.4) is 0 Å². The van der Waals surface area contributed by atoms with E-state index in [1.165, 1.54) is 8.61 Å². The first-order chi connectivity index (χ1) is 12.3. The average Bonchev–Trinajstić information content (AvgIpc) is 2.61. The average molecular weight is 402 g/mol. The summed E-state index contributed by atoms with van der Waals surface area (Å²) in [6.07, 6.45) is 1.49. The number of piperazine rings is 1. The molecule has 0 radical (unpaired) electrons. The Hall–Kier alpha value is -1.16. The predicted octanol–water partition coefficient (Wildman–Crippen LogP) is 1.25. The zero-order valence-electron chi connectivity index (χ0n) is 15.4. The summed E-state index contributed by atoms with van der Waals surface area (Å²) >= 11 is 0. The first kappa shape index (κ1) is 19.6. The minimum Gasteiger partial charge on any atom is -0.301 e. The van der Waals surface area contributed by atoms with Crippen LogP contribution in [0.15, 0.2) is 23.1 Å². The Kier molecular flexibility index (Phi) is 5.62. The van der Waals surface area contributed by atoms with Gasteiger partial charge in [0.05, 0.1) is 16.3 Å². The Morgan fingerprint density at radius 3 is 2.31 bits per heavy atom. The molecule has 0 spiro atoms. The van der Waals surface area contributed by atoms with Crippen molar-refractivity contribution in [1.82, 2.24) is 9.21 Å². The molecule has 146 valence electrons. The first-order valence-electron chi connectivity index (χ1n) is 9.09. The van der Waals surface area contributed by atoms with Crippen molar-refractivity contribution in [2.75, 3.05) is 49.3 Å². The molecule has 1 aromatic rings. The number of anilines is 1. The highest BCUT2D eigenvalue weighted by atomic mass is 32.2. The summed E-state index contributed by atoms with van der Waals surface area (Å²) < 4.78 is 53.5. The summed E-state index contributed by atoms with van der Waals surface area (Å²) in [5.74, 6) is 0.147. The van der Waals surface area contributed by atoms with Gasteiger partial charge in [-0.05, 0) is 50.1 Å². The Labute approximate surface area is 156 Å². The van der Waals surface area contributed by atoms with E-state index in [0.717, 1.165) is 26.1 Å². The van der Waals surface area contributed by atoms with Crippen LogP contribution >= 0.6 is 0 Å². The molecular formula is C17H27N3O4S2. The van der Waals surface area contributed by atoms with E-state index in [4.69, 9.17) is 0 Å². The molecule has 2 aliphatic heterocycles. The van der Waals surface area contributed by atoms with Gasteiger partial charge in [-0.15, -0.1) is 0 Å². The van der Waals surface area contributed by atoms with Gasteiger partial charge < -0.3 is 4.90 Å². The fourth-order valence-electron chi connectivity index (χ4n) is 3.58. The van der Waals surface area contributed by atoms with Crippen molar-refractivity contribution in [3.05, 3.63) is 23.8 Å². The number of rotatable bonds is 4. The van der Waals surface area contributed by atoms with Crippen LogP contribution in [0.4, 0.5) is 5.69 Å². The SMILES string of the molecule is CCN1CCN(S(=O)(=O)c2ccc(N3CCCCS3(=O)=O)cc2C)CC1. The van der Waals surface area contributed by atoms with Gasteiger partial charge in [0, 0.05) is 32.7 Å². The van der Waals surface area contributed by atoms with E-state index >= 15 is 0 Å². The first-order valence-corrected chi connectivity index (χ1v) is 12.1. The largest absolute Gasteiger partial charge is 0.301 e. The monoisotopic (exact) mass is 401 g/mol. The molecular weight excluding hydrogens is 374 g/mol. The van der Waals surface area contributed by atoms with E-state index < -0.39 is 20.0 Å². The number of benzene rings is 1. The molecule has 0 aromatic heterocycles. The second-order valence-electron chi connectivity index (χ2n) is 6.88. The van der Waals surface area contributed by atoms with Gasteiger partial charge in [-0.2, -0.15) is 4.31 Å². The van der Waals surface area contributed by atoms with E-state index in [1.54, 1.807) is 25.1 Å². The molecule has 3 rings (SSSR count). The number of hydrogen-bond acceptors (Lipinski definition) is 5. The lowest BCUT2D eigenvalue weighted by Gasteiger charge is -2.33. The zero-order valence-corrected chi connectivity index (χ0v) is 17.0. The van der Waals surface area contributed by atoms with Gasteiger partial charge in [-0.1, -0.05) is 6.92 Å². The highest BCUT2D eigenvalue weighted by Crippen LogP contribution is 2.29. The lowest BCUT2D eigenvalue weighted by atomic mass is 10.2. The van der Waals surface area contributed by atoms with E-state index in [9.17, 15) is 16.8 Å². The fourth-order valence-corrected chi connectivity index (χ4v) is 6.84. The molecule has 2 aliphatic rings. The molecule has 0 bridgehead atoms. The zero-order chi connectivity index (χ0) is 18.9. The van der Waals surface area contributed by atoms with Crippen molar-refractivity contribution in [3.63, 3.8) is 0 Å². The van der Waals surface area contributed by atoms with Crippen molar-refractivity contribution in [2.24, 2.45) is 0 Å². The molecule has 0 saturated carbocycles. The molecule has 0 N–H and O–H groups in total. The third-order valence-electron chi connectivity index (χ3n) is 5.19. The number of aryl methyl sites for hydroxylation is 1. The smallest absolute Gasteiger partial charge is 0.243 e. The molecule has 0 amide bonds. The van der Waals surface area contributed by atoms with E-state index in [1.807, 2.05) is 0 Å². The standard InChI is InChI=1S/C17H27N3O4S2/c1-3-18-9-11-19(12-10-18)26(23,24)17-7-6-16(14-15(17)2)20-8-4-5-13-25(20,21)22/h6-7,14H,3-5,8-13H2,1-2H3. The lowest BCUT2D eigenvalue weighted by molar-refractivity contribution is 0.196. The van der Waals surface area contributed by atoms with E-state index in [-0.39, 0.29) is 10.6 Å². The van der Waals surface area contributed by atoms with Crippen LogP contribution < -0.4 is 4.31 Å². The second-order valence-corrected chi connectivity index (χ2v) is 10.8. The molecule has 7 nitrogen and oxygen atoms in total. The van der Waals surface area contributed by atoms with Crippen LogP contribution in [0.1, 0.15) is 25.3 Å². The Bertz CT molecular complexity index is 860. The molecule has 0 atom stereocenters. The van der Waals surface area contributed by atoms with Gasteiger partial charge in [0.25, 0.3) is 0 Å². The van der Waals surface area contributed by atoms with Crippen molar-refractivity contribution in [2.45, 2.75) is 31.6 Å². The quantitative estimate of drug-likeness (QED) is 0.759. The molecule has 26 heavy (non-hydrogen) atoms. The Morgan fingerprint density at radius 1 is 1.04 bits per heavy atom. The summed E-state index contributed by atoms with van der Waals surface area (Å²) in [6.45, 7) is 7.61. The topological polar surface area (TPSA) is 78.0 Å². The van der Waals surface area contributed by atoms with Gasteiger partial charge in [0.1, 0.15) is 0 Å². The highest BCUT2D eigenvalue weighted by molar-refractivity contribution is 7.92. The minimum atomic E-state index is -3.56. The normalized spacial score (nSPS) is 22.5. The Morgan fingerprint density at radius 2 is 1.73 bits per heavy atom. The lowest BCUT2D eigenvalue weighted by Crippen LogP contribution is -2.48. The minimum absolute atomic E-state index is 0.147. The Balaban J connectivity index is 1.85. The van der Waals surface area contributed by atoms with Crippen LogP contribution in [0.25, 0.3) is 0 Å². The van der Waals surface area contributed by atoms with Gasteiger partial charge >= 0.3 is 0 Å². The van der Waals surface area contributed by atoms with Crippen LogP contribution in [-0.2, 0) is 20.0 Å². The summed E-state index contributed by atoms with van der Waals surface area (Å²) in [6, 6.07) is 4.85. The third kappa shape index (κ3) is 3.76. The van der Waals surface area contributed by atoms with E-state index in [0.29, 0.717) is 37.3 Å². The predicted molar refractivity (Wildman–Crippen MR) is 102 cm³/mol. The maximum Gasteiger partial charge on any atom is 0.243 e. The number of nitrogens with zero attached hydrogens (tertiary/aromatic N) is 3. The number of sulfonamides is 2. The number of hydrogen-bond donors (Lipinski definition) is 0. The van der Waals surface area contributed by atoms with Crippen molar-refractivity contribution < 1.29 is 16.8 Å². The van der Waals surface area contributed by atoms with Gasteiger partial charge in [-0.25, -0.2) is 16.8 Å². The molecule has 2 saturated heterocycles. The third-order valence-corrected chi connectivity index (χ3v) is 9.12. The van der Waals surface area contributed by atoms with Gasteiger partial charge in [0.2, 0.25) is 20.0 Å². The van der Waals surface area contributed by atoms with Gasteiger partial charge in [-0.3, -0.25) is 4.31 Å². The molecule has 2 fully saturated rings. The van der Waals surface area contributed by atoms with Crippen LogP contribution in [-0.4, -0.2) is 71.1 Å². The van der Waals surface area contributed by atoms with Crippen molar-refractivity contribution >= 4 is 25.7 Å². The maximum absolute atomic E-state index is 13.0. The van der Waals surface area contributed by atoms with E-state index in [2.05, 4.69) is 11.8 Å². The van der Waals surface area contributed by atoms with Crippen LogP contribution in [0.5, 0.6) is 0 Å². The van der Waals surface area contributed by atoms with Gasteiger partial charge in [0.15, 0.2) is 0 Å². The maximum atomic E-state index is 13.0. The molecule has 0 unspecified atom stereocenters. The van der Waals surface area contributed by atoms with Crippen LogP contribution in [0.2, 0.25) is 0 Å². The molecule has 1 aromatic carbocycles. The molecule has 0 aliphatic carbocycles. The second kappa shape index (κ2) is 7.46. The molecule has 2 heterocycles. The molecule has 9 heteroatoms. The van der Waals surface area contributed by atoms with Crippen molar-refractivity contribution in [3.8, 4) is 0 Å². The number of likely N-dealkylation sites (N-methyl/N-ethyl adjacent to an activating group) is 1. The summed E-state index contributed by atoms with van der Waals surface area (Å²) in [5, 5.41) is 0. The summed E-state index contributed by atoms with van der Waals surface area (Å²) in [4.78, 5) is 2.49. The summed E-state index contributed by atoms with van der Waals surface area (Å²) in [7, 11) is -6.87. The fraction of sp³-hybridized carbons (Fsp3) is 0.647.